The van der Waals surface area contributed by atoms with E-state index in [0.717, 1.165) is 34.9 Å². The summed E-state index contributed by atoms with van der Waals surface area (Å²) in [7, 11) is 1.94. The van der Waals surface area contributed by atoms with Crippen LogP contribution in [0.4, 0.5) is 4.39 Å². The average molecular weight is 525 g/mol. The summed E-state index contributed by atoms with van der Waals surface area (Å²) in [5.41, 5.74) is 3.64. The minimum atomic E-state index is -1.41. The number of hydrogen-bond donors (Lipinski definition) is 0. The number of hydrogen-bond acceptors (Lipinski definition) is 3. The summed E-state index contributed by atoms with van der Waals surface area (Å²) in [5, 5.41) is 1.33. The standard InChI is InChI=1S/C27H20ClFN2O.C4H6N2/c1-2-17-4-3-5-20(12-17)22-14-26(32)31(16-18-6-7-18)25-15-30-24(13-23(22)25)27(29)19-8-10-21(28)11-9-19;1-6-3-2-5-4-6/h1,3-5,8-15,18,27H,6-7,16H2;2-4H,1H3. The van der Waals surface area contributed by atoms with Crippen LogP contribution in [0.25, 0.3) is 22.0 Å². The van der Waals surface area contributed by atoms with E-state index in [9.17, 15) is 4.79 Å². The fourth-order valence-corrected chi connectivity index (χ4v) is 4.45. The SMILES string of the molecule is C#Cc1cccc(-c2cc(=O)n(CC3CC3)c3cnc(C(F)c4ccc(Cl)cc4)cc23)c1.Cn1ccnc1. The second-order valence-electron chi connectivity index (χ2n) is 9.44. The number of imidazole rings is 1. The summed E-state index contributed by atoms with van der Waals surface area (Å²) in [6, 6.07) is 17.5. The molecular weight excluding hydrogens is 499 g/mol. The zero-order chi connectivity index (χ0) is 26.6. The highest BCUT2D eigenvalue weighted by Gasteiger charge is 2.24. The van der Waals surface area contributed by atoms with Crippen molar-refractivity contribution < 1.29 is 4.39 Å². The third-order valence-electron chi connectivity index (χ3n) is 6.56. The van der Waals surface area contributed by atoms with Crippen LogP contribution in [0.2, 0.25) is 5.02 Å². The van der Waals surface area contributed by atoms with Crippen LogP contribution < -0.4 is 5.56 Å². The summed E-state index contributed by atoms with van der Waals surface area (Å²) in [6.45, 7) is 0.650. The molecule has 190 valence electrons. The molecule has 6 rings (SSSR count). The Morgan fingerprint density at radius 2 is 1.95 bits per heavy atom. The number of fused-ring (bicyclic) bond motifs is 1. The summed E-state index contributed by atoms with van der Waals surface area (Å²) in [6.07, 6.45) is 13.4. The lowest BCUT2D eigenvalue weighted by molar-refractivity contribution is 0.394. The van der Waals surface area contributed by atoms with Crippen molar-refractivity contribution in [2.45, 2.75) is 25.6 Å². The van der Waals surface area contributed by atoms with E-state index in [-0.39, 0.29) is 11.3 Å². The first-order valence-corrected chi connectivity index (χ1v) is 12.7. The van der Waals surface area contributed by atoms with Crippen LogP contribution >= 0.6 is 11.6 Å². The van der Waals surface area contributed by atoms with Gasteiger partial charge in [0.1, 0.15) is 0 Å². The molecule has 1 saturated carbocycles. The molecule has 0 aliphatic heterocycles. The van der Waals surface area contributed by atoms with E-state index in [2.05, 4.69) is 15.9 Å². The second kappa shape index (κ2) is 11.0. The monoisotopic (exact) mass is 524 g/mol. The van der Waals surface area contributed by atoms with Gasteiger partial charge in [-0.1, -0.05) is 41.8 Å². The first-order valence-electron chi connectivity index (χ1n) is 12.3. The third kappa shape index (κ3) is 5.69. The number of pyridine rings is 2. The zero-order valence-electron chi connectivity index (χ0n) is 20.9. The highest BCUT2D eigenvalue weighted by molar-refractivity contribution is 6.30. The minimum Gasteiger partial charge on any atom is -0.341 e. The van der Waals surface area contributed by atoms with E-state index in [0.29, 0.717) is 28.6 Å². The Morgan fingerprint density at radius 1 is 1.16 bits per heavy atom. The normalized spacial score (nSPS) is 13.4. The van der Waals surface area contributed by atoms with Gasteiger partial charge in [-0.2, -0.15) is 0 Å². The maximum atomic E-state index is 15.4. The van der Waals surface area contributed by atoms with Crippen molar-refractivity contribution in [2.24, 2.45) is 13.0 Å². The van der Waals surface area contributed by atoms with Crippen molar-refractivity contribution in [1.82, 2.24) is 19.1 Å². The Bertz CT molecular complexity index is 1670. The molecule has 1 unspecified atom stereocenters. The fourth-order valence-electron chi connectivity index (χ4n) is 4.32. The molecule has 1 atom stereocenters. The largest absolute Gasteiger partial charge is 0.341 e. The first-order chi connectivity index (χ1) is 18.4. The van der Waals surface area contributed by atoms with Gasteiger partial charge in [0.15, 0.2) is 6.17 Å². The predicted octanol–water partition coefficient (Wildman–Crippen LogP) is 6.59. The number of rotatable bonds is 5. The van der Waals surface area contributed by atoms with Crippen molar-refractivity contribution in [1.29, 1.82) is 0 Å². The van der Waals surface area contributed by atoms with E-state index in [4.69, 9.17) is 18.0 Å². The van der Waals surface area contributed by atoms with Gasteiger partial charge < -0.3 is 9.13 Å². The fraction of sp³-hybridized carbons (Fsp3) is 0.194. The van der Waals surface area contributed by atoms with Gasteiger partial charge in [0.05, 0.1) is 23.7 Å². The number of alkyl halides is 1. The van der Waals surface area contributed by atoms with Gasteiger partial charge in [0.2, 0.25) is 0 Å². The van der Waals surface area contributed by atoms with Crippen LogP contribution in [0.1, 0.15) is 35.8 Å². The zero-order valence-corrected chi connectivity index (χ0v) is 21.6. The lowest BCUT2D eigenvalue weighted by Gasteiger charge is -2.16. The van der Waals surface area contributed by atoms with Crippen LogP contribution in [0, 0.1) is 18.3 Å². The molecule has 1 fully saturated rings. The number of nitrogens with zero attached hydrogens (tertiary/aromatic N) is 4. The highest BCUT2D eigenvalue weighted by Crippen LogP contribution is 2.35. The Balaban J connectivity index is 0.000000433. The van der Waals surface area contributed by atoms with Crippen LogP contribution in [0.3, 0.4) is 0 Å². The summed E-state index contributed by atoms with van der Waals surface area (Å²) in [5.74, 6) is 3.14. The van der Waals surface area contributed by atoms with Crippen molar-refractivity contribution in [3.05, 3.63) is 118 Å². The maximum Gasteiger partial charge on any atom is 0.251 e. The van der Waals surface area contributed by atoms with Crippen LogP contribution in [-0.4, -0.2) is 19.1 Å². The topological polar surface area (TPSA) is 52.7 Å². The average Bonchev–Trinajstić information content (AvgIpc) is 3.64. The minimum absolute atomic E-state index is 0.0884. The molecule has 2 aromatic carbocycles. The molecule has 0 bridgehead atoms. The van der Waals surface area contributed by atoms with Crippen molar-refractivity contribution in [3.63, 3.8) is 0 Å². The lowest BCUT2D eigenvalue weighted by atomic mass is 9.98. The van der Waals surface area contributed by atoms with E-state index in [1.54, 1.807) is 59.7 Å². The molecule has 0 radical (unpaired) electrons. The van der Waals surface area contributed by atoms with Gasteiger partial charge in [-0.15, -0.1) is 6.42 Å². The van der Waals surface area contributed by atoms with Gasteiger partial charge in [-0.3, -0.25) is 9.78 Å². The number of aromatic nitrogens is 4. The smallest absolute Gasteiger partial charge is 0.251 e. The lowest BCUT2D eigenvalue weighted by Crippen LogP contribution is -2.21. The molecule has 5 nitrogen and oxygen atoms in total. The quantitative estimate of drug-likeness (QED) is 0.244. The Labute approximate surface area is 225 Å². The molecule has 7 heteroatoms. The Hall–Kier alpha value is -4.21. The number of benzene rings is 2. The Morgan fingerprint density at radius 3 is 2.58 bits per heavy atom. The van der Waals surface area contributed by atoms with Crippen LogP contribution in [-0.2, 0) is 13.6 Å². The molecule has 0 N–H and O–H groups in total. The van der Waals surface area contributed by atoms with Gasteiger partial charge in [-0.05, 0) is 65.8 Å². The maximum absolute atomic E-state index is 15.4. The van der Waals surface area contributed by atoms with Gasteiger partial charge in [-0.25, -0.2) is 9.37 Å². The molecule has 3 aromatic heterocycles. The molecule has 38 heavy (non-hydrogen) atoms. The van der Waals surface area contributed by atoms with Gasteiger partial charge in [0, 0.05) is 48.0 Å². The first kappa shape index (κ1) is 25.4. The number of terminal acetylenes is 1. The molecular formula is C31H26ClFN4O. The van der Waals surface area contributed by atoms with E-state index >= 15 is 4.39 Å². The molecule has 0 amide bonds. The van der Waals surface area contributed by atoms with E-state index in [1.165, 1.54) is 0 Å². The molecule has 1 aliphatic rings. The third-order valence-corrected chi connectivity index (χ3v) is 6.81. The predicted molar refractivity (Wildman–Crippen MR) is 150 cm³/mol. The molecule has 0 spiro atoms. The number of aryl methyl sites for hydroxylation is 1. The summed E-state index contributed by atoms with van der Waals surface area (Å²) >= 11 is 5.95. The van der Waals surface area contributed by atoms with E-state index < -0.39 is 6.17 Å². The van der Waals surface area contributed by atoms with E-state index in [1.807, 2.05) is 42.1 Å². The highest BCUT2D eigenvalue weighted by atomic mass is 35.5. The van der Waals surface area contributed by atoms with Crippen LogP contribution in [0.15, 0.2) is 90.4 Å². The summed E-state index contributed by atoms with van der Waals surface area (Å²) < 4.78 is 19.0. The molecule has 1 aliphatic carbocycles. The molecule has 3 heterocycles. The Kier molecular flexibility index (Phi) is 7.39. The van der Waals surface area contributed by atoms with Crippen molar-refractivity contribution in [3.8, 4) is 23.5 Å². The van der Waals surface area contributed by atoms with Crippen molar-refractivity contribution >= 4 is 22.5 Å². The molecule has 5 aromatic rings. The van der Waals surface area contributed by atoms with Crippen LogP contribution in [0.5, 0.6) is 0 Å². The van der Waals surface area contributed by atoms with Gasteiger partial charge in [0.25, 0.3) is 5.56 Å². The number of halogens is 2. The molecule has 0 saturated heterocycles. The van der Waals surface area contributed by atoms with Crippen molar-refractivity contribution in [2.75, 3.05) is 0 Å². The summed E-state index contributed by atoms with van der Waals surface area (Å²) in [4.78, 5) is 21.2. The second-order valence-corrected chi connectivity index (χ2v) is 9.88. The van der Waals surface area contributed by atoms with Gasteiger partial charge >= 0.3 is 0 Å².